The fraction of sp³-hybridized carbons (Fsp3) is 0.389. The Morgan fingerprint density at radius 3 is 2.59 bits per heavy atom. The summed E-state index contributed by atoms with van der Waals surface area (Å²) in [6, 6.07) is 5.77. The Labute approximate surface area is 132 Å². The van der Waals surface area contributed by atoms with E-state index >= 15 is 0 Å². The van der Waals surface area contributed by atoms with Crippen LogP contribution in [0, 0.1) is 0 Å². The number of hydrogen-bond donors (Lipinski definition) is 0. The molecular formula is C18H23NO3. The fourth-order valence-corrected chi connectivity index (χ4v) is 2.30. The summed E-state index contributed by atoms with van der Waals surface area (Å²) in [5, 5.41) is 0. The zero-order valence-corrected chi connectivity index (χ0v) is 13.2. The minimum atomic E-state index is 0.0686. The molecule has 1 heterocycles. The van der Waals surface area contributed by atoms with Gasteiger partial charge in [-0.2, -0.15) is 0 Å². The summed E-state index contributed by atoms with van der Waals surface area (Å²) >= 11 is 0. The number of carbonyl (C=O) groups is 1. The Balaban J connectivity index is 1.92. The molecule has 0 saturated heterocycles. The van der Waals surface area contributed by atoms with Crippen molar-refractivity contribution in [1.82, 2.24) is 4.90 Å². The van der Waals surface area contributed by atoms with Crippen molar-refractivity contribution < 1.29 is 14.3 Å². The van der Waals surface area contributed by atoms with Gasteiger partial charge in [-0.25, -0.2) is 0 Å². The van der Waals surface area contributed by atoms with Crippen LogP contribution in [-0.4, -0.2) is 30.7 Å². The van der Waals surface area contributed by atoms with Gasteiger partial charge < -0.3 is 14.4 Å². The van der Waals surface area contributed by atoms with Gasteiger partial charge in [0.15, 0.2) is 11.5 Å². The predicted octanol–water partition coefficient (Wildman–Crippen LogP) is 3.63. The van der Waals surface area contributed by atoms with Crippen LogP contribution in [0.4, 0.5) is 0 Å². The lowest BCUT2D eigenvalue weighted by molar-refractivity contribution is -0.126. The number of benzene rings is 1. The third-order valence-electron chi connectivity index (χ3n) is 3.33. The van der Waals surface area contributed by atoms with E-state index in [1.54, 1.807) is 12.2 Å². The molecule has 0 saturated carbocycles. The molecule has 22 heavy (non-hydrogen) atoms. The molecule has 0 radical (unpaired) electrons. The minimum absolute atomic E-state index is 0.0686. The second-order valence-corrected chi connectivity index (χ2v) is 5.16. The van der Waals surface area contributed by atoms with E-state index in [1.807, 2.05) is 35.3 Å². The molecule has 4 heteroatoms. The van der Waals surface area contributed by atoms with Gasteiger partial charge in [-0.15, -0.1) is 0 Å². The van der Waals surface area contributed by atoms with E-state index in [4.69, 9.17) is 9.47 Å². The first-order valence-corrected chi connectivity index (χ1v) is 7.78. The number of carbonyl (C=O) groups excluding carboxylic acids is 1. The van der Waals surface area contributed by atoms with Gasteiger partial charge >= 0.3 is 0 Å². The van der Waals surface area contributed by atoms with Crippen molar-refractivity contribution in [2.24, 2.45) is 0 Å². The number of nitrogens with zero attached hydrogens (tertiary/aromatic N) is 1. The quantitative estimate of drug-likeness (QED) is 0.570. The standard InChI is InChI=1S/C18H23NO3/c1-3-11-19(12-4-2)18(20)8-6-5-7-15-9-10-16-17(13-15)22-14-21-16/h5-10,13H,3-4,11-12,14H2,1-2H3. The molecule has 2 rings (SSSR count). The summed E-state index contributed by atoms with van der Waals surface area (Å²) in [5.41, 5.74) is 1.01. The van der Waals surface area contributed by atoms with Crippen LogP contribution in [0.5, 0.6) is 11.5 Å². The van der Waals surface area contributed by atoms with E-state index in [0.717, 1.165) is 43.0 Å². The molecule has 0 fully saturated rings. The van der Waals surface area contributed by atoms with Crippen LogP contribution in [0.25, 0.3) is 6.08 Å². The molecule has 0 unspecified atom stereocenters. The largest absolute Gasteiger partial charge is 0.454 e. The van der Waals surface area contributed by atoms with Crippen molar-refractivity contribution in [3.8, 4) is 11.5 Å². The van der Waals surface area contributed by atoms with Gasteiger partial charge in [0.25, 0.3) is 0 Å². The Morgan fingerprint density at radius 1 is 1.14 bits per heavy atom. The van der Waals surface area contributed by atoms with Crippen LogP contribution in [0.3, 0.4) is 0 Å². The van der Waals surface area contributed by atoms with Gasteiger partial charge in [-0.1, -0.05) is 38.1 Å². The number of hydrogen-bond acceptors (Lipinski definition) is 3. The molecule has 1 aliphatic heterocycles. The van der Waals surface area contributed by atoms with E-state index in [0.29, 0.717) is 0 Å². The Morgan fingerprint density at radius 2 is 1.86 bits per heavy atom. The normalized spacial score (nSPS) is 13.2. The zero-order valence-electron chi connectivity index (χ0n) is 13.2. The summed E-state index contributed by atoms with van der Waals surface area (Å²) < 4.78 is 10.6. The predicted molar refractivity (Wildman–Crippen MR) is 87.9 cm³/mol. The number of allylic oxidation sites excluding steroid dienone is 2. The van der Waals surface area contributed by atoms with Gasteiger partial charge in [0.1, 0.15) is 0 Å². The third kappa shape index (κ3) is 4.38. The number of ether oxygens (including phenoxy) is 2. The van der Waals surface area contributed by atoms with Crippen molar-refractivity contribution in [3.63, 3.8) is 0 Å². The highest BCUT2D eigenvalue weighted by Crippen LogP contribution is 2.32. The SMILES string of the molecule is CCCN(CCC)C(=O)C=CC=Cc1ccc2c(c1)OCO2. The Hall–Kier alpha value is -2.23. The average Bonchev–Trinajstić information content (AvgIpc) is 2.98. The van der Waals surface area contributed by atoms with Crippen molar-refractivity contribution in [2.45, 2.75) is 26.7 Å². The van der Waals surface area contributed by atoms with Crippen LogP contribution in [0.15, 0.2) is 36.4 Å². The monoisotopic (exact) mass is 301 g/mol. The lowest BCUT2D eigenvalue weighted by atomic mass is 10.2. The molecule has 1 aromatic rings. The minimum Gasteiger partial charge on any atom is -0.454 e. The van der Waals surface area contributed by atoms with Gasteiger partial charge in [-0.05, 0) is 30.5 Å². The smallest absolute Gasteiger partial charge is 0.246 e. The van der Waals surface area contributed by atoms with E-state index < -0.39 is 0 Å². The summed E-state index contributed by atoms with van der Waals surface area (Å²) in [7, 11) is 0. The molecule has 1 aromatic carbocycles. The highest BCUT2D eigenvalue weighted by atomic mass is 16.7. The van der Waals surface area contributed by atoms with E-state index in [1.165, 1.54) is 0 Å². The second-order valence-electron chi connectivity index (χ2n) is 5.16. The number of amides is 1. The summed E-state index contributed by atoms with van der Waals surface area (Å²) in [6.45, 7) is 6.06. The molecule has 118 valence electrons. The number of rotatable bonds is 7. The van der Waals surface area contributed by atoms with Crippen molar-refractivity contribution in [1.29, 1.82) is 0 Å². The van der Waals surface area contributed by atoms with E-state index in [-0.39, 0.29) is 12.7 Å². The maximum Gasteiger partial charge on any atom is 0.246 e. The van der Waals surface area contributed by atoms with Crippen molar-refractivity contribution in [3.05, 3.63) is 42.0 Å². The highest BCUT2D eigenvalue weighted by Gasteiger charge is 2.12. The summed E-state index contributed by atoms with van der Waals surface area (Å²) in [5.74, 6) is 1.61. The zero-order chi connectivity index (χ0) is 15.8. The van der Waals surface area contributed by atoms with Gasteiger partial charge in [0, 0.05) is 19.2 Å². The molecule has 0 atom stereocenters. The first kappa shape index (κ1) is 16.1. The van der Waals surface area contributed by atoms with Gasteiger partial charge in [0.05, 0.1) is 0 Å². The molecule has 4 nitrogen and oxygen atoms in total. The molecule has 0 spiro atoms. The fourth-order valence-electron chi connectivity index (χ4n) is 2.30. The van der Waals surface area contributed by atoms with Crippen LogP contribution >= 0.6 is 0 Å². The molecule has 0 N–H and O–H groups in total. The summed E-state index contributed by atoms with van der Waals surface area (Å²) in [6.07, 6.45) is 9.17. The lowest BCUT2D eigenvalue weighted by Gasteiger charge is -2.19. The molecule has 0 aromatic heterocycles. The van der Waals surface area contributed by atoms with Crippen LogP contribution in [0.1, 0.15) is 32.3 Å². The molecule has 0 aliphatic carbocycles. The molecule has 1 amide bonds. The first-order valence-electron chi connectivity index (χ1n) is 7.78. The van der Waals surface area contributed by atoms with Crippen molar-refractivity contribution >= 4 is 12.0 Å². The van der Waals surface area contributed by atoms with E-state index in [2.05, 4.69) is 13.8 Å². The first-order chi connectivity index (χ1) is 10.7. The molecular weight excluding hydrogens is 278 g/mol. The van der Waals surface area contributed by atoms with Gasteiger partial charge in [-0.3, -0.25) is 4.79 Å². The van der Waals surface area contributed by atoms with Gasteiger partial charge in [0.2, 0.25) is 12.7 Å². The second kappa shape index (κ2) is 8.27. The maximum atomic E-state index is 12.1. The third-order valence-corrected chi connectivity index (χ3v) is 3.33. The summed E-state index contributed by atoms with van der Waals surface area (Å²) in [4.78, 5) is 13.9. The highest BCUT2D eigenvalue weighted by molar-refractivity contribution is 5.88. The van der Waals surface area contributed by atoms with Crippen LogP contribution in [0.2, 0.25) is 0 Å². The Bertz CT molecular complexity index is 557. The topological polar surface area (TPSA) is 38.8 Å². The van der Waals surface area contributed by atoms with Crippen LogP contribution in [-0.2, 0) is 4.79 Å². The van der Waals surface area contributed by atoms with Crippen LogP contribution < -0.4 is 9.47 Å². The molecule has 1 aliphatic rings. The Kier molecular flexibility index (Phi) is 6.07. The maximum absolute atomic E-state index is 12.1. The lowest BCUT2D eigenvalue weighted by Crippen LogP contribution is -2.30. The average molecular weight is 301 g/mol. The molecule has 0 bridgehead atoms. The number of fused-ring (bicyclic) bond motifs is 1. The van der Waals surface area contributed by atoms with Crippen molar-refractivity contribution in [2.75, 3.05) is 19.9 Å². The van der Waals surface area contributed by atoms with E-state index in [9.17, 15) is 4.79 Å².